The number of carbonyl (C=O) groups excluding carboxylic acids is 2. The maximum Gasteiger partial charge on any atom is 0.412 e. The normalized spacial score (nSPS) is 22.8. The Balaban J connectivity index is 2.29. The minimum absolute atomic E-state index is 0.0854. The molecule has 7 heteroatoms. The third kappa shape index (κ3) is 4.90. The van der Waals surface area contributed by atoms with Gasteiger partial charge >= 0.3 is 12.1 Å². The third-order valence-corrected chi connectivity index (χ3v) is 5.64. The summed E-state index contributed by atoms with van der Waals surface area (Å²) in [4.78, 5) is 27.1. The lowest BCUT2D eigenvalue weighted by molar-refractivity contribution is -0.173. The number of esters is 1. The summed E-state index contributed by atoms with van der Waals surface area (Å²) in [7, 11) is 0.0427. The second kappa shape index (κ2) is 8.44. The number of nitrogens with zero attached hydrogens (tertiary/aromatic N) is 1. The highest BCUT2D eigenvalue weighted by Crippen LogP contribution is 2.44. The van der Waals surface area contributed by atoms with Crippen molar-refractivity contribution >= 4 is 21.1 Å². The maximum atomic E-state index is 12.9. The van der Waals surface area contributed by atoms with Gasteiger partial charge in [0, 0.05) is 13.0 Å². The number of amides is 1. The summed E-state index contributed by atoms with van der Waals surface area (Å²) in [5.41, 5.74) is -0.623. The van der Waals surface area contributed by atoms with Gasteiger partial charge in [0.25, 0.3) is 0 Å². The quantitative estimate of drug-likeness (QED) is 0.563. The van der Waals surface area contributed by atoms with Crippen LogP contribution < -0.4 is 0 Å². The number of carbonyl (C=O) groups is 2. The molecule has 27 heavy (non-hydrogen) atoms. The smallest absolute Gasteiger partial charge is 0.412 e. The predicted molar refractivity (Wildman–Crippen MR) is 104 cm³/mol. The molecule has 1 fully saturated rings. The number of likely N-dealkylation sites (tertiary alicyclic amines) is 1. The number of rotatable bonds is 5. The van der Waals surface area contributed by atoms with Gasteiger partial charge in [0.15, 0.2) is 0 Å². The Morgan fingerprint density at radius 2 is 1.85 bits per heavy atom. The third-order valence-electron chi connectivity index (χ3n) is 4.89. The van der Waals surface area contributed by atoms with Crippen LogP contribution in [0.2, 0.25) is 13.1 Å². The van der Waals surface area contributed by atoms with Crippen molar-refractivity contribution in [1.29, 1.82) is 0 Å². The first-order valence-corrected chi connectivity index (χ1v) is 11.6. The molecule has 1 aliphatic rings. The number of hydrogen-bond donors (Lipinski definition) is 0. The molecule has 0 N–H and O–H groups in total. The Bertz CT molecular complexity index is 658. The molecule has 0 spiro atoms. The van der Waals surface area contributed by atoms with E-state index in [0.717, 1.165) is 5.56 Å². The minimum Gasteiger partial charge on any atom is -0.465 e. The van der Waals surface area contributed by atoms with Crippen LogP contribution in [-0.4, -0.2) is 45.4 Å². The number of ether oxygens (including phenoxy) is 2. The molecule has 1 aromatic carbocycles. The standard InChI is InChI=1S/C20H30NO5Si/c1-19(2,3)16-12-20(17(22)24-4,26-27(5)6)21(13-16)18(23)25-14-15-10-8-7-9-11-15/h7-11,16H,12-14H2,1-6H3/t16-,20-/m0/s1. The van der Waals surface area contributed by atoms with Gasteiger partial charge in [-0.25, -0.2) is 9.59 Å². The highest BCUT2D eigenvalue weighted by molar-refractivity contribution is 6.48. The zero-order valence-corrected chi connectivity index (χ0v) is 18.1. The Morgan fingerprint density at radius 3 is 2.37 bits per heavy atom. The van der Waals surface area contributed by atoms with Crippen molar-refractivity contribution in [3.05, 3.63) is 35.9 Å². The van der Waals surface area contributed by atoms with Crippen molar-refractivity contribution < 1.29 is 23.5 Å². The van der Waals surface area contributed by atoms with Crippen molar-refractivity contribution in [3.63, 3.8) is 0 Å². The summed E-state index contributed by atoms with van der Waals surface area (Å²) in [5, 5.41) is 0. The van der Waals surface area contributed by atoms with Gasteiger partial charge in [-0.2, -0.15) is 0 Å². The number of methoxy groups -OCH3 is 1. The molecule has 1 heterocycles. The lowest BCUT2D eigenvalue weighted by atomic mass is 9.79. The van der Waals surface area contributed by atoms with Crippen LogP contribution >= 0.6 is 0 Å². The van der Waals surface area contributed by atoms with E-state index < -0.39 is 26.8 Å². The van der Waals surface area contributed by atoms with Crippen LogP contribution in [0.25, 0.3) is 0 Å². The lowest BCUT2D eigenvalue weighted by Crippen LogP contribution is -2.57. The van der Waals surface area contributed by atoms with Crippen molar-refractivity contribution in [3.8, 4) is 0 Å². The predicted octanol–water partition coefficient (Wildman–Crippen LogP) is 3.83. The largest absolute Gasteiger partial charge is 0.465 e. The van der Waals surface area contributed by atoms with Crippen LogP contribution in [0.5, 0.6) is 0 Å². The van der Waals surface area contributed by atoms with E-state index in [1.54, 1.807) is 0 Å². The summed E-state index contributed by atoms with van der Waals surface area (Å²) < 4.78 is 16.7. The second-order valence-corrected chi connectivity index (χ2v) is 10.2. The van der Waals surface area contributed by atoms with Crippen LogP contribution in [0.1, 0.15) is 32.8 Å². The van der Waals surface area contributed by atoms with E-state index in [1.165, 1.54) is 12.0 Å². The molecule has 1 aliphatic heterocycles. The summed E-state index contributed by atoms with van der Waals surface area (Å²) in [5.74, 6) is -0.459. The molecule has 2 atom stereocenters. The van der Waals surface area contributed by atoms with Gasteiger partial charge in [-0.15, -0.1) is 0 Å². The minimum atomic E-state index is -1.42. The number of benzene rings is 1. The van der Waals surface area contributed by atoms with E-state index in [4.69, 9.17) is 13.9 Å². The molecule has 1 radical (unpaired) electrons. The molecular weight excluding hydrogens is 362 g/mol. The average Bonchev–Trinajstić information content (AvgIpc) is 3.00. The zero-order chi connectivity index (χ0) is 20.2. The van der Waals surface area contributed by atoms with Crippen LogP contribution in [0.3, 0.4) is 0 Å². The molecular formula is C20H30NO5Si. The molecule has 1 saturated heterocycles. The zero-order valence-electron chi connectivity index (χ0n) is 17.1. The van der Waals surface area contributed by atoms with Gasteiger partial charge in [0.1, 0.15) is 6.61 Å². The highest BCUT2D eigenvalue weighted by atomic mass is 28.3. The Kier molecular flexibility index (Phi) is 6.70. The summed E-state index contributed by atoms with van der Waals surface area (Å²) >= 11 is 0. The molecule has 1 aromatic rings. The second-order valence-electron chi connectivity index (χ2n) is 8.20. The van der Waals surface area contributed by atoms with E-state index in [-0.39, 0.29) is 17.9 Å². The van der Waals surface area contributed by atoms with E-state index in [9.17, 15) is 9.59 Å². The van der Waals surface area contributed by atoms with Gasteiger partial charge in [0.2, 0.25) is 14.8 Å². The molecule has 1 amide bonds. The molecule has 0 saturated carbocycles. The van der Waals surface area contributed by atoms with Gasteiger partial charge in [-0.3, -0.25) is 4.90 Å². The fourth-order valence-electron chi connectivity index (χ4n) is 3.30. The lowest BCUT2D eigenvalue weighted by Gasteiger charge is -2.36. The molecule has 0 aromatic heterocycles. The first kappa shape index (κ1) is 21.4. The molecule has 149 valence electrons. The number of hydrogen-bond acceptors (Lipinski definition) is 5. The molecule has 6 nitrogen and oxygen atoms in total. The van der Waals surface area contributed by atoms with Crippen molar-refractivity contribution in [1.82, 2.24) is 4.90 Å². The monoisotopic (exact) mass is 392 g/mol. The van der Waals surface area contributed by atoms with Gasteiger partial charge in [-0.1, -0.05) is 51.1 Å². The van der Waals surface area contributed by atoms with Crippen molar-refractivity contribution in [2.24, 2.45) is 11.3 Å². The molecule has 0 bridgehead atoms. The summed E-state index contributed by atoms with van der Waals surface area (Å²) in [6.07, 6.45) is -0.154. The topological polar surface area (TPSA) is 65.1 Å². The van der Waals surface area contributed by atoms with E-state index >= 15 is 0 Å². The first-order valence-electron chi connectivity index (χ1n) is 9.16. The highest BCUT2D eigenvalue weighted by Gasteiger charge is 2.58. The fraction of sp³-hybridized carbons (Fsp3) is 0.600. The molecule has 2 rings (SSSR count). The van der Waals surface area contributed by atoms with Crippen LogP contribution in [0.15, 0.2) is 30.3 Å². The van der Waals surface area contributed by atoms with Gasteiger partial charge < -0.3 is 13.9 Å². The molecule has 0 aliphatic carbocycles. The van der Waals surface area contributed by atoms with Crippen molar-refractivity contribution in [2.75, 3.05) is 13.7 Å². The van der Waals surface area contributed by atoms with Gasteiger partial charge in [-0.05, 0) is 30.0 Å². The average molecular weight is 393 g/mol. The summed E-state index contributed by atoms with van der Waals surface area (Å²) in [6.45, 7) is 10.7. The fourth-order valence-corrected chi connectivity index (χ4v) is 4.26. The van der Waals surface area contributed by atoms with E-state index in [1.807, 2.05) is 43.4 Å². The summed E-state index contributed by atoms with van der Waals surface area (Å²) in [6, 6.07) is 9.46. The molecule has 0 unspecified atom stereocenters. The van der Waals surface area contributed by atoms with Crippen molar-refractivity contribution in [2.45, 2.75) is 52.6 Å². The van der Waals surface area contributed by atoms with Gasteiger partial charge in [0.05, 0.1) is 7.11 Å². The Morgan fingerprint density at radius 1 is 1.22 bits per heavy atom. The maximum absolute atomic E-state index is 12.9. The van der Waals surface area contributed by atoms with E-state index in [2.05, 4.69) is 20.8 Å². The SMILES string of the molecule is COC(=O)[C@@]1(O[Si](C)C)C[C@H](C(C)(C)C)CN1C(=O)OCc1ccccc1. The first-order chi connectivity index (χ1) is 12.6. The Labute approximate surface area is 163 Å². The Hall–Kier alpha value is -1.86. The van der Waals surface area contributed by atoms with Crippen LogP contribution in [0, 0.1) is 11.3 Å². The van der Waals surface area contributed by atoms with Crippen LogP contribution in [0.4, 0.5) is 4.79 Å². The van der Waals surface area contributed by atoms with Crippen LogP contribution in [-0.2, 0) is 25.3 Å². The van der Waals surface area contributed by atoms with E-state index in [0.29, 0.717) is 13.0 Å².